The Balaban J connectivity index is 2.15. The number of halogens is 2. The summed E-state index contributed by atoms with van der Waals surface area (Å²) in [6.07, 6.45) is 1.22. The maximum atomic E-state index is 12.2. The van der Waals surface area contributed by atoms with Gasteiger partial charge in [0.1, 0.15) is 0 Å². The number of piperidine rings is 1. The zero-order valence-corrected chi connectivity index (χ0v) is 11.5. The van der Waals surface area contributed by atoms with Crippen LogP contribution in [0.2, 0.25) is 5.02 Å². The number of carbonyl (C=O) groups excluding carboxylic acids is 1. The Kier molecular flexibility index (Phi) is 4.07. The van der Waals surface area contributed by atoms with Gasteiger partial charge in [-0.15, -0.1) is 0 Å². The lowest BCUT2D eigenvalue weighted by Crippen LogP contribution is -2.42. The number of β-amino-alcohol motifs (C(OH)–C–C–N with tert-alkyl or cyclic N) is 1. The highest BCUT2D eigenvalue weighted by atomic mass is 79.9. The molecule has 1 aliphatic heterocycles. The lowest BCUT2D eigenvalue weighted by molar-refractivity contribution is 0.0473. The van der Waals surface area contributed by atoms with Crippen molar-refractivity contribution in [1.29, 1.82) is 0 Å². The van der Waals surface area contributed by atoms with E-state index in [0.29, 0.717) is 28.1 Å². The summed E-state index contributed by atoms with van der Waals surface area (Å²) in [5.41, 5.74) is 0.593. The van der Waals surface area contributed by atoms with Crippen LogP contribution < -0.4 is 0 Å². The smallest absolute Gasteiger partial charge is 0.253 e. The first-order valence-corrected chi connectivity index (χ1v) is 6.67. The monoisotopic (exact) mass is 317 g/mol. The summed E-state index contributed by atoms with van der Waals surface area (Å²) in [6, 6.07) is 5.11. The van der Waals surface area contributed by atoms with Crippen LogP contribution in [0, 0.1) is 0 Å². The summed E-state index contributed by atoms with van der Waals surface area (Å²) in [5, 5.41) is 10.1. The highest BCUT2D eigenvalue weighted by Gasteiger charge is 2.23. The zero-order valence-electron chi connectivity index (χ0n) is 9.20. The predicted molar refractivity (Wildman–Crippen MR) is 70.3 cm³/mol. The van der Waals surface area contributed by atoms with Gasteiger partial charge in [0.15, 0.2) is 0 Å². The lowest BCUT2D eigenvalue weighted by atomic mass is 10.1. The third-order valence-corrected chi connectivity index (χ3v) is 4.06. The molecule has 1 aliphatic rings. The van der Waals surface area contributed by atoms with Crippen LogP contribution in [0.4, 0.5) is 0 Å². The molecule has 92 valence electrons. The molecule has 1 N–H and O–H groups in total. The minimum atomic E-state index is -0.400. The number of hydrogen-bond donors (Lipinski definition) is 1. The van der Waals surface area contributed by atoms with E-state index >= 15 is 0 Å². The van der Waals surface area contributed by atoms with Gasteiger partial charge in [-0.1, -0.05) is 11.6 Å². The first-order chi connectivity index (χ1) is 8.08. The third-order valence-electron chi connectivity index (χ3n) is 2.85. The summed E-state index contributed by atoms with van der Waals surface area (Å²) < 4.78 is 0.711. The quantitative estimate of drug-likeness (QED) is 0.865. The highest BCUT2D eigenvalue weighted by Crippen LogP contribution is 2.24. The van der Waals surface area contributed by atoms with Crippen molar-refractivity contribution >= 4 is 33.4 Å². The second kappa shape index (κ2) is 5.38. The van der Waals surface area contributed by atoms with Crippen molar-refractivity contribution in [3.8, 4) is 0 Å². The third kappa shape index (κ3) is 3.00. The van der Waals surface area contributed by atoms with E-state index in [4.69, 9.17) is 11.6 Å². The van der Waals surface area contributed by atoms with Crippen molar-refractivity contribution in [1.82, 2.24) is 4.90 Å². The van der Waals surface area contributed by atoms with Gasteiger partial charge >= 0.3 is 0 Å². The number of aliphatic hydroxyl groups is 1. The van der Waals surface area contributed by atoms with Gasteiger partial charge in [-0.05, 0) is 47.0 Å². The molecule has 1 aromatic rings. The Morgan fingerprint density at radius 2 is 2.29 bits per heavy atom. The molecular formula is C12H13BrClNO2. The fraction of sp³-hybridized carbons (Fsp3) is 0.417. The Labute approximate surface area is 114 Å². The molecular weight excluding hydrogens is 305 g/mol. The second-order valence-electron chi connectivity index (χ2n) is 4.18. The SMILES string of the molecule is O=C(c1ccc(Cl)c(Br)c1)N1CCC[C@H](O)C1. The Hall–Kier alpha value is -0.580. The fourth-order valence-corrected chi connectivity index (χ4v) is 2.45. The van der Waals surface area contributed by atoms with Crippen molar-refractivity contribution in [2.45, 2.75) is 18.9 Å². The fourth-order valence-electron chi connectivity index (χ4n) is 1.95. The van der Waals surface area contributed by atoms with E-state index in [1.807, 2.05) is 0 Å². The average molecular weight is 319 g/mol. The van der Waals surface area contributed by atoms with Crippen LogP contribution in [0.5, 0.6) is 0 Å². The maximum absolute atomic E-state index is 12.2. The summed E-state index contributed by atoms with van der Waals surface area (Å²) >= 11 is 9.18. The van der Waals surface area contributed by atoms with Crippen molar-refractivity contribution < 1.29 is 9.90 Å². The van der Waals surface area contributed by atoms with E-state index in [2.05, 4.69) is 15.9 Å². The number of nitrogens with zero attached hydrogens (tertiary/aromatic N) is 1. The van der Waals surface area contributed by atoms with Crippen molar-refractivity contribution in [2.24, 2.45) is 0 Å². The van der Waals surface area contributed by atoms with Crippen LogP contribution in [0.1, 0.15) is 23.2 Å². The van der Waals surface area contributed by atoms with E-state index in [1.165, 1.54) is 0 Å². The number of carbonyl (C=O) groups is 1. The Bertz CT molecular complexity index is 439. The molecule has 0 radical (unpaired) electrons. The minimum absolute atomic E-state index is 0.0545. The van der Waals surface area contributed by atoms with Crippen LogP contribution in [-0.2, 0) is 0 Å². The van der Waals surface area contributed by atoms with Gasteiger partial charge in [0.2, 0.25) is 0 Å². The number of hydrogen-bond acceptors (Lipinski definition) is 2. The summed E-state index contributed by atoms with van der Waals surface area (Å²) in [5.74, 6) is -0.0545. The van der Waals surface area contributed by atoms with Crippen LogP contribution in [0.15, 0.2) is 22.7 Å². The van der Waals surface area contributed by atoms with E-state index < -0.39 is 6.10 Å². The number of amides is 1. The minimum Gasteiger partial charge on any atom is -0.391 e. The van der Waals surface area contributed by atoms with Gasteiger partial charge in [-0.2, -0.15) is 0 Å². The van der Waals surface area contributed by atoms with Gasteiger partial charge in [0.05, 0.1) is 11.1 Å². The molecule has 0 aromatic heterocycles. The molecule has 0 aliphatic carbocycles. The summed E-state index contributed by atoms with van der Waals surface area (Å²) in [6.45, 7) is 1.12. The lowest BCUT2D eigenvalue weighted by Gasteiger charge is -2.30. The topological polar surface area (TPSA) is 40.5 Å². The molecule has 17 heavy (non-hydrogen) atoms. The molecule has 0 unspecified atom stereocenters. The van der Waals surface area contributed by atoms with E-state index in [0.717, 1.165) is 12.8 Å². The molecule has 1 amide bonds. The first-order valence-electron chi connectivity index (χ1n) is 5.50. The van der Waals surface area contributed by atoms with Crippen LogP contribution in [0.25, 0.3) is 0 Å². The summed E-state index contributed by atoms with van der Waals surface area (Å²) in [4.78, 5) is 13.8. The highest BCUT2D eigenvalue weighted by molar-refractivity contribution is 9.10. The van der Waals surface area contributed by atoms with Gasteiger partial charge in [0, 0.05) is 23.1 Å². The van der Waals surface area contributed by atoms with Gasteiger partial charge in [0.25, 0.3) is 5.91 Å². The molecule has 0 bridgehead atoms. The largest absolute Gasteiger partial charge is 0.391 e. The first kappa shape index (κ1) is 12.9. The van der Waals surface area contributed by atoms with Crippen molar-refractivity contribution in [3.05, 3.63) is 33.3 Å². The van der Waals surface area contributed by atoms with Crippen molar-refractivity contribution in [3.63, 3.8) is 0 Å². The molecule has 3 nitrogen and oxygen atoms in total. The zero-order chi connectivity index (χ0) is 12.4. The molecule has 5 heteroatoms. The van der Waals surface area contributed by atoms with Gasteiger partial charge in [-0.25, -0.2) is 0 Å². The molecule has 0 saturated carbocycles. The van der Waals surface area contributed by atoms with Gasteiger partial charge < -0.3 is 10.0 Å². The molecule has 1 saturated heterocycles. The number of benzene rings is 1. The van der Waals surface area contributed by atoms with E-state index in [-0.39, 0.29) is 5.91 Å². The maximum Gasteiger partial charge on any atom is 0.253 e. The number of likely N-dealkylation sites (tertiary alicyclic amines) is 1. The molecule has 2 rings (SSSR count). The predicted octanol–water partition coefficient (Wildman–Crippen LogP) is 2.70. The molecule has 0 spiro atoms. The standard InChI is InChI=1S/C12H13BrClNO2/c13-10-6-8(3-4-11(10)14)12(17)15-5-1-2-9(16)7-15/h3-4,6,9,16H,1-2,5,7H2/t9-/m0/s1. The second-order valence-corrected chi connectivity index (χ2v) is 5.44. The van der Waals surface area contributed by atoms with E-state index in [9.17, 15) is 9.90 Å². The number of rotatable bonds is 1. The Morgan fingerprint density at radius 3 is 2.94 bits per heavy atom. The van der Waals surface area contributed by atoms with Crippen molar-refractivity contribution in [2.75, 3.05) is 13.1 Å². The van der Waals surface area contributed by atoms with Crippen LogP contribution in [-0.4, -0.2) is 35.1 Å². The number of aliphatic hydroxyl groups excluding tert-OH is 1. The Morgan fingerprint density at radius 1 is 1.53 bits per heavy atom. The van der Waals surface area contributed by atoms with E-state index in [1.54, 1.807) is 23.1 Å². The molecule has 1 aromatic carbocycles. The molecule has 1 atom stereocenters. The van der Waals surface area contributed by atoms with Gasteiger partial charge in [-0.3, -0.25) is 4.79 Å². The summed E-state index contributed by atoms with van der Waals surface area (Å²) in [7, 11) is 0. The average Bonchev–Trinajstić information content (AvgIpc) is 2.32. The van der Waals surface area contributed by atoms with Crippen LogP contribution >= 0.6 is 27.5 Å². The molecule has 1 fully saturated rings. The molecule has 1 heterocycles. The normalized spacial score (nSPS) is 20.4. The van der Waals surface area contributed by atoms with Crippen LogP contribution in [0.3, 0.4) is 0 Å².